The second kappa shape index (κ2) is 7.57. The largest absolute Gasteiger partial charge is 4.00 e. The van der Waals surface area contributed by atoms with Crippen molar-refractivity contribution in [3.63, 3.8) is 0 Å². The Bertz CT molecular complexity index is 249. The Balaban J connectivity index is -0.000000135. The van der Waals surface area contributed by atoms with Crippen molar-refractivity contribution in [2.45, 2.75) is 0 Å². The summed E-state index contributed by atoms with van der Waals surface area (Å²) in [7, 11) is -10.0. The van der Waals surface area contributed by atoms with Crippen LogP contribution in [0.3, 0.4) is 0 Å². The molecule has 0 aliphatic rings. The molecule has 0 saturated carbocycles. The van der Waals surface area contributed by atoms with Crippen LogP contribution in [0, 0.1) is 0 Å². The molecule has 0 unspecified atom stereocenters. The molecule has 0 spiro atoms. The summed E-state index contributed by atoms with van der Waals surface area (Å²) in [6.45, 7) is 0. The van der Waals surface area contributed by atoms with Gasteiger partial charge in [0.25, 0.3) is 0 Å². The zero-order chi connectivity index (χ0) is 8.41. The van der Waals surface area contributed by atoms with E-state index in [1.807, 2.05) is 0 Å². The predicted molar refractivity (Wildman–Crippen MR) is 26.6 cm³/mol. The zero-order valence-electron chi connectivity index (χ0n) is 5.35. The summed E-state index contributed by atoms with van der Waals surface area (Å²) in [5.41, 5.74) is 0. The molecule has 0 heterocycles. The molecule has 1 radical (unpaired) electrons. The Morgan fingerprint density at radius 3 is 1.00 bits per heavy atom. The van der Waals surface area contributed by atoms with Gasteiger partial charge in [0.1, 0.15) is 0 Å². The van der Waals surface area contributed by atoms with Crippen LogP contribution in [-0.2, 0) is 57.5 Å². The van der Waals surface area contributed by atoms with Gasteiger partial charge >= 0.3 is 37.9 Å². The van der Waals surface area contributed by atoms with E-state index < -0.39 is 20.8 Å². The predicted octanol–water partition coefficient (Wildman–Crippen LogP) is -1.70. The van der Waals surface area contributed by atoms with Crippen LogP contribution in [-0.4, -0.2) is 25.9 Å². The van der Waals surface area contributed by atoms with Gasteiger partial charge in [-0.05, 0) is 0 Å². The summed E-state index contributed by atoms with van der Waals surface area (Å²) in [4.78, 5) is 0. The molecule has 13 heteroatoms. The molecule has 0 aromatic rings. The molecule has 81 valence electrons. The van der Waals surface area contributed by atoms with E-state index in [4.69, 9.17) is 9.11 Å². The Labute approximate surface area is 83.8 Å². The van der Waals surface area contributed by atoms with E-state index in [0.29, 0.717) is 0 Å². The van der Waals surface area contributed by atoms with E-state index in [9.17, 15) is 16.8 Å². The van der Waals surface area contributed by atoms with Gasteiger partial charge in [-0.15, -0.1) is 0 Å². The second-order valence-corrected chi connectivity index (χ2v) is 2.97. The van der Waals surface area contributed by atoms with Gasteiger partial charge in [0.15, 0.2) is 0 Å². The van der Waals surface area contributed by atoms with Gasteiger partial charge in [-0.3, -0.25) is 9.11 Å². The van der Waals surface area contributed by atoms with Gasteiger partial charge in [0.2, 0.25) is 0 Å². The molecule has 0 aromatic carbocycles. The van der Waals surface area contributed by atoms with Crippen LogP contribution in [0.5, 0.6) is 0 Å². The molecule has 0 rings (SSSR count). The van der Waals surface area contributed by atoms with Crippen LogP contribution in [0.2, 0.25) is 0 Å². The molecule has 0 saturated heterocycles. The number of hydrogen-bond acceptors (Lipinski definition) is 6. The van der Waals surface area contributed by atoms with E-state index >= 15 is 0 Å². The summed E-state index contributed by atoms with van der Waals surface area (Å²) in [6.07, 6.45) is 0. The first-order chi connectivity index (χ1) is 4.21. The van der Waals surface area contributed by atoms with Gasteiger partial charge < -0.3 is 11.0 Å². The Hall–Kier alpha value is 0.179. The maximum Gasteiger partial charge on any atom is 4.00 e. The van der Waals surface area contributed by atoms with Crippen molar-refractivity contribution in [1.29, 1.82) is 0 Å². The molecule has 0 fully saturated rings. The Morgan fingerprint density at radius 2 is 0.923 bits per heavy atom. The third-order valence-corrected chi connectivity index (χ3v) is 0.766. The minimum Gasteiger partial charge on any atom is -2.00 e. The monoisotopic (exact) mass is 281 g/mol. The third-order valence-electron chi connectivity index (χ3n) is 0.200. The van der Waals surface area contributed by atoms with Crippen molar-refractivity contribution >= 4 is 20.8 Å². The SMILES string of the molecule is O=S(=O)(O)OOS(=O)(=O)O.[Mn+4].[O-2].[O-2]. The maximum atomic E-state index is 9.51. The molecule has 0 aliphatic carbocycles. The van der Waals surface area contributed by atoms with E-state index in [-0.39, 0.29) is 28.0 Å². The van der Waals surface area contributed by atoms with E-state index in [1.54, 1.807) is 0 Å². The van der Waals surface area contributed by atoms with Gasteiger partial charge in [-0.1, -0.05) is 8.67 Å². The van der Waals surface area contributed by atoms with Crippen molar-refractivity contribution in [2.24, 2.45) is 0 Å². The van der Waals surface area contributed by atoms with E-state index in [1.165, 1.54) is 0 Å². The standard InChI is InChI=1S/Mn.H2O8S2.2O/c;1-9(2,3)7-8-10(4,5)6;;/h;(H,1,2,3)(H,4,5,6);;/q+4;;2*-2. The van der Waals surface area contributed by atoms with E-state index in [2.05, 4.69) is 8.67 Å². The Kier molecular flexibility index (Phi) is 13.5. The average Bonchev–Trinajstić information content (AvgIpc) is 1.57. The molecule has 2 N–H and O–H groups in total. The van der Waals surface area contributed by atoms with Gasteiger partial charge in [-0.25, -0.2) is 0 Å². The molecule has 0 aromatic heterocycles. The minimum atomic E-state index is -5.02. The van der Waals surface area contributed by atoms with E-state index in [0.717, 1.165) is 0 Å². The van der Waals surface area contributed by atoms with Crippen LogP contribution < -0.4 is 0 Å². The van der Waals surface area contributed by atoms with Crippen LogP contribution in [0.4, 0.5) is 0 Å². The third kappa shape index (κ3) is 24.5. The molecular weight excluding hydrogens is 279 g/mol. The number of hydrogen-bond donors (Lipinski definition) is 2. The average molecular weight is 281 g/mol. The summed E-state index contributed by atoms with van der Waals surface area (Å²) in [5, 5.41) is 0. The fourth-order valence-electron chi connectivity index (χ4n) is 0.0702. The van der Waals surface area contributed by atoms with Gasteiger partial charge in [-0.2, -0.15) is 16.8 Å². The first kappa shape index (κ1) is 23.2. The molecule has 0 atom stereocenters. The van der Waals surface area contributed by atoms with Gasteiger partial charge in [0, 0.05) is 0 Å². The topological polar surface area (TPSA) is 184 Å². The summed E-state index contributed by atoms with van der Waals surface area (Å²) < 4.78 is 58.9. The smallest absolute Gasteiger partial charge is 2.00 e. The van der Waals surface area contributed by atoms with Crippen molar-refractivity contribution in [1.82, 2.24) is 0 Å². The normalized spacial score (nSPS) is 10.3. The minimum absolute atomic E-state index is 0. The quantitative estimate of drug-likeness (QED) is 0.265. The van der Waals surface area contributed by atoms with Crippen LogP contribution in [0.1, 0.15) is 0 Å². The molecular formula is H2MnO10S2. The number of rotatable bonds is 3. The molecule has 10 nitrogen and oxygen atoms in total. The van der Waals surface area contributed by atoms with Crippen LogP contribution in [0.25, 0.3) is 0 Å². The first-order valence-electron chi connectivity index (χ1n) is 1.53. The Morgan fingerprint density at radius 1 is 0.769 bits per heavy atom. The fraction of sp³-hybridized carbons (Fsp3) is 0. The maximum absolute atomic E-state index is 9.51. The summed E-state index contributed by atoms with van der Waals surface area (Å²) in [6, 6.07) is 0. The van der Waals surface area contributed by atoms with Crippen molar-refractivity contribution in [3.05, 3.63) is 0 Å². The first-order valence-corrected chi connectivity index (χ1v) is 4.26. The molecule has 13 heavy (non-hydrogen) atoms. The van der Waals surface area contributed by atoms with Gasteiger partial charge in [0.05, 0.1) is 0 Å². The van der Waals surface area contributed by atoms with Crippen molar-refractivity contribution in [2.75, 3.05) is 0 Å². The van der Waals surface area contributed by atoms with Crippen molar-refractivity contribution in [3.8, 4) is 0 Å². The van der Waals surface area contributed by atoms with Crippen LogP contribution >= 0.6 is 0 Å². The molecule has 0 amide bonds. The zero-order valence-corrected chi connectivity index (χ0v) is 8.17. The second-order valence-electron chi connectivity index (χ2n) is 0.992. The molecule has 0 bridgehead atoms. The fourth-order valence-corrected chi connectivity index (χ4v) is 0.632. The summed E-state index contributed by atoms with van der Waals surface area (Å²) >= 11 is 0. The van der Waals surface area contributed by atoms with Crippen molar-refractivity contribution < 1.29 is 62.6 Å². The molecule has 0 aliphatic heterocycles. The summed E-state index contributed by atoms with van der Waals surface area (Å²) in [5.74, 6) is 0. The van der Waals surface area contributed by atoms with Crippen LogP contribution in [0.15, 0.2) is 0 Å².